The molecule has 46 heavy (non-hydrogen) atoms. The summed E-state index contributed by atoms with van der Waals surface area (Å²) in [6.07, 6.45) is -0.370. The molecular formula is C36H49N3O7. The normalized spacial score (nSPS) is 15.5. The first-order chi connectivity index (χ1) is 21.3. The van der Waals surface area contributed by atoms with E-state index in [-0.39, 0.29) is 42.7 Å². The molecule has 0 spiro atoms. The minimum Gasteiger partial charge on any atom is -0.481 e. The van der Waals surface area contributed by atoms with Gasteiger partial charge in [-0.25, -0.2) is 0 Å². The summed E-state index contributed by atoms with van der Waals surface area (Å²) < 4.78 is 0. The van der Waals surface area contributed by atoms with Gasteiger partial charge in [0, 0.05) is 33.4 Å². The van der Waals surface area contributed by atoms with E-state index in [1.807, 2.05) is 19.9 Å². The molecule has 3 amide bonds. The SMILES string of the molecule is CCC(NC(=O)c1ccc(C(=O)c2ccccc2)cc1)NC(=O)C(C)(CC(C)(CC(CC(C)(C)C(=O)O)C(N)=O)C(C)=O)C(C)C. The van der Waals surface area contributed by atoms with Crippen LogP contribution in [0.1, 0.15) is 107 Å². The van der Waals surface area contributed by atoms with Crippen molar-refractivity contribution in [3.8, 4) is 0 Å². The van der Waals surface area contributed by atoms with Crippen molar-refractivity contribution in [1.82, 2.24) is 10.6 Å². The Morgan fingerprint density at radius 3 is 1.78 bits per heavy atom. The second kappa shape index (κ2) is 15.3. The molecule has 2 aromatic rings. The summed E-state index contributed by atoms with van der Waals surface area (Å²) in [6, 6.07) is 15.1. The summed E-state index contributed by atoms with van der Waals surface area (Å²) in [5.74, 6) is -4.18. The third kappa shape index (κ3) is 9.34. The lowest BCUT2D eigenvalue weighted by molar-refractivity contribution is -0.148. The average molecular weight is 636 g/mol. The molecule has 0 aliphatic rings. The molecule has 0 aromatic heterocycles. The maximum Gasteiger partial charge on any atom is 0.309 e. The highest BCUT2D eigenvalue weighted by atomic mass is 16.4. The molecule has 10 heteroatoms. The van der Waals surface area contributed by atoms with E-state index in [9.17, 15) is 33.9 Å². The Balaban J connectivity index is 2.23. The minimum absolute atomic E-state index is 0.0132. The van der Waals surface area contributed by atoms with Crippen molar-refractivity contribution in [2.75, 3.05) is 0 Å². The van der Waals surface area contributed by atoms with E-state index >= 15 is 0 Å². The number of primary amides is 1. The van der Waals surface area contributed by atoms with Gasteiger partial charge >= 0.3 is 5.97 Å². The molecule has 10 nitrogen and oxygen atoms in total. The number of carbonyl (C=O) groups is 6. The number of hydrogen-bond acceptors (Lipinski definition) is 6. The molecule has 0 fully saturated rings. The van der Waals surface area contributed by atoms with E-state index in [0.29, 0.717) is 23.1 Å². The van der Waals surface area contributed by atoms with Crippen LogP contribution in [0.3, 0.4) is 0 Å². The van der Waals surface area contributed by atoms with E-state index in [4.69, 9.17) is 5.73 Å². The topological polar surface area (TPSA) is 173 Å². The molecule has 4 atom stereocenters. The van der Waals surface area contributed by atoms with Gasteiger partial charge in [-0.2, -0.15) is 0 Å². The smallest absolute Gasteiger partial charge is 0.309 e. The number of Topliss-reactive ketones (excluding diaryl/α,β-unsaturated/α-hetero) is 1. The molecule has 0 heterocycles. The van der Waals surface area contributed by atoms with Crippen molar-refractivity contribution in [1.29, 1.82) is 0 Å². The van der Waals surface area contributed by atoms with E-state index in [1.165, 1.54) is 20.8 Å². The van der Waals surface area contributed by atoms with Gasteiger partial charge in [-0.05, 0) is 64.5 Å². The van der Waals surface area contributed by atoms with Crippen LogP contribution >= 0.6 is 0 Å². The highest BCUT2D eigenvalue weighted by molar-refractivity contribution is 6.09. The van der Waals surface area contributed by atoms with Crippen molar-refractivity contribution in [3.63, 3.8) is 0 Å². The third-order valence-electron chi connectivity index (χ3n) is 9.30. The van der Waals surface area contributed by atoms with Crippen LogP contribution in [-0.4, -0.2) is 46.5 Å². The number of carboxylic acids is 1. The molecule has 0 bridgehead atoms. The van der Waals surface area contributed by atoms with Gasteiger partial charge in [-0.1, -0.05) is 77.1 Å². The maximum atomic E-state index is 13.9. The molecule has 0 radical (unpaired) electrons. The lowest BCUT2D eigenvalue weighted by atomic mass is 9.62. The maximum absolute atomic E-state index is 13.9. The molecular weight excluding hydrogens is 586 g/mol. The molecule has 250 valence electrons. The highest BCUT2D eigenvalue weighted by Crippen LogP contribution is 2.45. The Morgan fingerprint density at radius 1 is 0.804 bits per heavy atom. The monoisotopic (exact) mass is 635 g/mol. The molecule has 0 saturated heterocycles. The van der Waals surface area contributed by atoms with Crippen LogP contribution in [0.15, 0.2) is 54.6 Å². The lowest BCUT2D eigenvalue weighted by Gasteiger charge is -2.42. The van der Waals surface area contributed by atoms with Crippen molar-refractivity contribution < 1.29 is 33.9 Å². The third-order valence-corrected chi connectivity index (χ3v) is 9.30. The standard InChI is InChI=1S/C36H49N3O7/c1-9-28(38-31(43)26-17-15-25(16-18-26)29(41)24-13-11-10-12-14-24)39-32(44)36(8,22(2)3)21-35(7,23(4)40)20-27(30(37)42)19-34(5,6)33(45)46/h10-18,22,27-28H,9,19-21H2,1-8H3,(H2,37,42)(H,38,43)(H,39,44)(H,45,46). The van der Waals surface area contributed by atoms with Crippen LogP contribution < -0.4 is 16.4 Å². The summed E-state index contributed by atoms with van der Waals surface area (Å²) in [6.45, 7) is 13.3. The van der Waals surface area contributed by atoms with Crippen LogP contribution in [0, 0.1) is 28.1 Å². The van der Waals surface area contributed by atoms with E-state index in [1.54, 1.807) is 69.3 Å². The molecule has 2 aromatic carbocycles. The largest absolute Gasteiger partial charge is 0.481 e. The first-order valence-corrected chi connectivity index (χ1v) is 15.6. The number of ketones is 2. The number of aliphatic carboxylic acids is 1. The molecule has 0 aliphatic carbocycles. The van der Waals surface area contributed by atoms with Crippen molar-refractivity contribution in [2.45, 2.75) is 87.2 Å². The molecule has 0 aliphatic heterocycles. The van der Waals surface area contributed by atoms with Crippen LogP contribution in [0.2, 0.25) is 0 Å². The van der Waals surface area contributed by atoms with Crippen molar-refractivity contribution in [2.24, 2.45) is 33.8 Å². The van der Waals surface area contributed by atoms with Gasteiger partial charge < -0.3 is 21.5 Å². The van der Waals surface area contributed by atoms with Gasteiger partial charge in [0.1, 0.15) is 11.9 Å². The van der Waals surface area contributed by atoms with E-state index in [2.05, 4.69) is 10.6 Å². The predicted octanol–water partition coefficient (Wildman–Crippen LogP) is 5.14. The Kier molecular flexibility index (Phi) is 12.6. The minimum atomic E-state index is -1.25. The van der Waals surface area contributed by atoms with Crippen molar-refractivity contribution >= 4 is 35.3 Å². The molecule has 5 N–H and O–H groups in total. The summed E-state index contributed by atoms with van der Waals surface area (Å²) in [5, 5.41) is 15.4. The predicted molar refractivity (Wildman–Crippen MR) is 176 cm³/mol. The number of carbonyl (C=O) groups excluding carboxylic acids is 5. The Morgan fingerprint density at radius 2 is 1.33 bits per heavy atom. The van der Waals surface area contributed by atoms with Gasteiger partial charge in [0.15, 0.2) is 5.78 Å². The Bertz CT molecular complexity index is 1440. The van der Waals surface area contributed by atoms with Crippen molar-refractivity contribution in [3.05, 3.63) is 71.3 Å². The van der Waals surface area contributed by atoms with Crippen LogP contribution in [0.25, 0.3) is 0 Å². The van der Waals surface area contributed by atoms with Gasteiger partial charge in [0.25, 0.3) is 5.91 Å². The van der Waals surface area contributed by atoms with Gasteiger partial charge in [-0.15, -0.1) is 0 Å². The van der Waals surface area contributed by atoms with Crippen LogP contribution in [0.4, 0.5) is 0 Å². The summed E-state index contributed by atoms with van der Waals surface area (Å²) in [7, 11) is 0. The van der Waals surface area contributed by atoms with Gasteiger partial charge in [-0.3, -0.25) is 28.8 Å². The van der Waals surface area contributed by atoms with E-state index < -0.39 is 46.1 Å². The zero-order chi connectivity index (χ0) is 35.0. The molecule has 2 rings (SSSR count). The number of carboxylic acid groups (broad SMARTS) is 1. The number of nitrogens with two attached hydrogens (primary N) is 1. The van der Waals surface area contributed by atoms with E-state index in [0.717, 1.165) is 0 Å². The summed E-state index contributed by atoms with van der Waals surface area (Å²) in [5.41, 5.74) is 3.45. The fourth-order valence-electron chi connectivity index (χ4n) is 5.55. The quantitative estimate of drug-likeness (QED) is 0.138. The number of benzene rings is 2. The summed E-state index contributed by atoms with van der Waals surface area (Å²) in [4.78, 5) is 77.0. The lowest BCUT2D eigenvalue weighted by Crippen LogP contribution is -2.54. The second-order valence-corrected chi connectivity index (χ2v) is 13.7. The van der Waals surface area contributed by atoms with Crippen LogP contribution in [-0.2, 0) is 19.2 Å². The number of rotatable bonds is 17. The number of amides is 3. The highest BCUT2D eigenvalue weighted by Gasteiger charge is 2.47. The Hall–Kier alpha value is -4.34. The average Bonchev–Trinajstić information content (AvgIpc) is 2.99. The van der Waals surface area contributed by atoms with Gasteiger partial charge in [0.05, 0.1) is 5.41 Å². The Labute approximate surface area is 271 Å². The molecule has 4 unspecified atom stereocenters. The number of hydrogen-bond donors (Lipinski definition) is 4. The fourth-order valence-corrected chi connectivity index (χ4v) is 5.55. The first kappa shape index (κ1) is 37.8. The number of nitrogens with one attached hydrogen (secondary N) is 2. The van der Waals surface area contributed by atoms with Gasteiger partial charge in [0.2, 0.25) is 11.8 Å². The van der Waals surface area contributed by atoms with Crippen LogP contribution in [0.5, 0.6) is 0 Å². The zero-order valence-electron chi connectivity index (χ0n) is 28.2. The fraction of sp³-hybridized carbons (Fsp3) is 0.500. The zero-order valence-corrected chi connectivity index (χ0v) is 28.2. The first-order valence-electron chi connectivity index (χ1n) is 15.6. The molecule has 0 saturated carbocycles. The second-order valence-electron chi connectivity index (χ2n) is 13.7. The summed E-state index contributed by atoms with van der Waals surface area (Å²) >= 11 is 0.